The monoisotopic (exact) mass is 350 g/mol. The second-order valence-electron chi connectivity index (χ2n) is 5.04. The minimum absolute atomic E-state index is 0.00353. The average Bonchev–Trinajstić information content (AvgIpc) is 2.54. The zero-order valence-electron chi connectivity index (χ0n) is 12.9. The number of nitrogen functional groups attached to an aromatic ring is 1. The molecule has 0 aliphatic rings. The number of nitrogens with one attached hydrogen (secondary N) is 2. The summed E-state index contributed by atoms with van der Waals surface area (Å²) in [6.07, 6.45) is -3.31. The first-order chi connectivity index (χ1) is 11.7. The summed E-state index contributed by atoms with van der Waals surface area (Å²) < 4.78 is 38.1. The molecule has 0 fully saturated rings. The topological polar surface area (TPSA) is 117 Å². The SMILES string of the molecule is C[C@H](Nc1nc(N)ncc1C#N)C(=O)Nc1cccc(C(F)(F)F)c1. The number of benzene rings is 1. The van der Waals surface area contributed by atoms with Crippen LogP contribution in [0.5, 0.6) is 0 Å². The van der Waals surface area contributed by atoms with Crippen LogP contribution >= 0.6 is 0 Å². The normalized spacial score (nSPS) is 12.1. The molecule has 7 nitrogen and oxygen atoms in total. The third-order valence-electron chi connectivity index (χ3n) is 3.13. The van der Waals surface area contributed by atoms with Crippen molar-refractivity contribution in [1.82, 2.24) is 9.97 Å². The van der Waals surface area contributed by atoms with Crippen LogP contribution in [0.2, 0.25) is 0 Å². The maximum absolute atomic E-state index is 12.7. The minimum Gasteiger partial charge on any atom is -0.368 e. The standard InChI is InChI=1S/C15H13F3N6O/c1-8(22-12-9(6-19)7-21-14(20)24-12)13(25)23-11-4-2-3-10(5-11)15(16,17)18/h2-5,7-8H,1H3,(H,23,25)(H3,20,21,22,24)/t8-/m0/s1. The van der Waals surface area contributed by atoms with Gasteiger partial charge in [0.1, 0.15) is 23.5 Å². The number of carbonyl (C=O) groups excluding carboxylic acids is 1. The fourth-order valence-corrected chi connectivity index (χ4v) is 1.88. The molecule has 2 rings (SSSR count). The summed E-state index contributed by atoms with van der Waals surface area (Å²) in [5.74, 6) is -0.644. The molecule has 0 aliphatic carbocycles. The van der Waals surface area contributed by atoms with E-state index in [1.807, 2.05) is 6.07 Å². The Bertz CT molecular complexity index is 831. The predicted octanol–water partition coefficient (Wildman–Crippen LogP) is 2.39. The zero-order chi connectivity index (χ0) is 18.6. The molecular formula is C15H13F3N6O. The first kappa shape index (κ1) is 18.0. The van der Waals surface area contributed by atoms with Crippen molar-refractivity contribution in [2.24, 2.45) is 0 Å². The van der Waals surface area contributed by atoms with Gasteiger partial charge in [-0.3, -0.25) is 4.79 Å². The van der Waals surface area contributed by atoms with E-state index < -0.39 is 23.7 Å². The molecule has 2 aromatic rings. The summed E-state index contributed by atoms with van der Waals surface area (Å²) in [6.45, 7) is 1.46. The maximum Gasteiger partial charge on any atom is 0.416 e. The third-order valence-corrected chi connectivity index (χ3v) is 3.13. The number of rotatable bonds is 4. The van der Waals surface area contributed by atoms with Gasteiger partial charge in [0.2, 0.25) is 11.9 Å². The Hall–Kier alpha value is -3.35. The van der Waals surface area contributed by atoms with E-state index in [2.05, 4.69) is 20.6 Å². The van der Waals surface area contributed by atoms with Gasteiger partial charge in [0, 0.05) is 5.69 Å². The number of hydrogen-bond acceptors (Lipinski definition) is 6. The van der Waals surface area contributed by atoms with E-state index in [1.165, 1.54) is 25.3 Å². The molecule has 1 aromatic heterocycles. The molecule has 1 heterocycles. The zero-order valence-corrected chi connectivity index (χ0v) is 12.9. The van der Waals surface area contributed by atoms with Gasteiger partial charge in [-0.15, -0.1) is 0 Å². The molecule has 0 aliphatic heterocycles. The van der Waals surface area contributed by atoms with Gasteiger partial charge in [-0.25, -0.2) is 4.98 Å². The summed E-state index contributed by atoms with van der Waals surface area (Å²) in [7, 11) is 0. The van der Waals surface area contributed by atoms with E-state index in [0.29, 0.717) is 0 Å². The second-order valence-corrected chi connectivity index (χ2v) is 5.04. The number of halogens is 3. The van der Waals surface area contributed by atoms with E-state index in [9.17, 15) is 18.0 Å². The van der Waals surface area contributed by atoms with Crippen LogP contribution < -0.4 is 16.4 Å². The van der Waals surface area contributed by atoms with Gasteiger partial charge < -0.3 is 16.4 Å². The maximum atomic E-state index is 12.7. The van der Waals surface area contributed by atoms with Crippen molar-refractivity contribution in [3.05, 3.63) is 41.6 Å². The Morgan fingerprint density at radius 1 is 1.40 bits per heavy atom. The van der Waals surface area contributed by atoms with Gasteiger partial charge in [-0.2, -0.15) is 23.4 Å². The van der Waals surface area contributed by atoms with Crippen LogP contribution in [0.1, 0.15) is 18.1 Å². The van der Waals surface area contributed by atoms with Crippen LogP contribution in [0.25, 0.3) is 0 Å². The summed E-state index contributed by atoms with van der Waals surface area (Å²) in [5, 5.41) is 14.0. The highest BCUT2D eigenvalue weighted by atomic mass is 19.4. The lowest BCUT2D eigenvalue weighted by Gasteiger charge is -2.16. The van der Waals surface area contributed by atoms with Crippen molar-refractivity contribution in [3.63, 3.8) is 0 Å². The van der Waals surface area contributed by atoms with Crippen molar-refractivity contribution in [2.75, 3.05) is 16.4 Å². The van der Waals surface area contributed by atoms with Crippen LogP contribution in [0, 0.1) is 11.3 Å². The second kappa shape index (κ2) is 7.04. The summed E-state index contributed by atoms with van der Waals surface area (Å²) in [6, 6.07) is 5.21. The van der Waals surface area contributed by atoms with Crippen LogP contribution in [-0.4, -0.2) is 21.9 Å². The molecule has 0 unspecified atom stereocenters. The van der Waals surface area contributed by atoms with Crippen molar-refractivity contribution in [2.45, 2.75) is 19.1 Å². The number of nitriles is 1. The first-order valence-corrected chi connectivity index (χ1v) is 6.98. The summed E-state index contributed by atoms with van der Waals surface area (Å²) in [4.78, 5) is 19.6. The Labute approximate surface area is 140 Å². The van der Waals surface area contributed by atoms with Crippen LogP contribution in [0.3, 0.4) is 0 Å². The lowest BCUT2D eigenvalue weighted by Crippen LogP contribution is -2.32. The molecule has 1 atom stereocenters. The average molecular weight is 350 g/mol. The van der Waals surface area contributed by atoms with Gasteiger partial charge in [-0.05, 0) is 25.1 Å². The number of carbonyl (C=O) groups is 1. The van der Waals surface area contributed by atoms with E-state index in [1.54, 1.807) is 0 Å². The highest BCUT2D eigenvalue weighted by Crippen LogP contribution is 2.30. The van der Waals surface area contributed by atoms with Crippen LogP contribution in [0.4, 0.5) is 30.6 Å². The van der Waals surface area contributed by atoms with Gasteiger partial charge >= 0.3 is 6.18 Å². The number of alkyl halides is 3. The molecule has 1 amide bonds. The van der Waals surface area contributed by atoms with Crippen molar-refractivity contribution >= 4 is 23.4 Å². The smallest absolute Gasteiger partial charge is 0.368 e. The van der Waals surface area contributed by atoms with Crippen LogP contribution in [-0.2, 0) is 11.0 Å². The number of nitrogens with zero attached hydrogens (tertiary/aromatic N) is 3. The number of aromatic nitrogens is 2. The molecule has 4 N–H and O–H groups in total. The fourth-order valence-electron chi connectivity index (χ4n) is 1.88. The molecule has 0 radical (unpaired) electrons. The lowest BCUT2D eigenvalue weighted by atomic mass is 10.2. The number of amides is 1. The predicted molar refractivity (Wildman–Crippen MR) is 84.3 cm³/mol. The lowest BCUT2D eigenvalue weighted by molar-refractivity contribution is -0.137. The third kappa shape index (κ3) is 4.57. The van der Waals surface area contributed by atoms with Crippen molar-refractivity contribution < 1.29 is 18.0 Å². The van der Waals surface area contributed by atoms with E-state index >= 15 is 0 Å². The number of hydrogen-bond donors (Lipinski definition) is 3. The number of anilines is 3. The molecule has 0 saturated carbocycles. The Balaban J connectivity index is 2.12. The number of nitrogens with two attached hydrogens (primary N) is 1. The largest absolute Gasteiger partial charge is 0.416 e. The van der Waals surface area contributed by atoms with E-state index in [-0.39, 0.29) is 23.0 Å². The summed E-state index contributed by atoms with van der Waals surface area (Å²) >= 11 is 0. The minimum atomic E-state index is -4.51. The molecule has 25 heavy (non-hydrogen) atoms. The van der Waals surface area contributed by atoms with Crippen molar-refractivity contribution in [1.29, 1.82) is 5.26 Å². The molecule has 0 saturated heterocycles. The van der Waals surface area contributed by atoms with Gasteiger partial charge in [0.25, 0.3) is 0 Å². The first-order valence-electron chi connectivity index (χ1n) is 6.98. The highest BCUT2D eigenvalue weighted by molar-refractivity contribution is 5.96. The molecule has 130 valence electrons. The van der Waals surface area contributed by atoms with E-state index in [0.717, 1.165) is 12.1 Å². The highest BCUT2D eigenvalue weighted by Gasteiger charge is 2.30. The van der Waals surface area contributed by atoms with Gasteiger partial charge in [-0.1, -0.05) is 6.07 Å². The fraction of sp³-hybridized carbons (Fsp3) is 0.200. The molecule has 10 heteroatoms. The van der Waals surface area contributed by atoms with Gasteiger partial charge in [0.15, 0.2) is 0 Å². The van der Waals surface area contributed by atoms with Gasteiger partial charge in [0.05, 0.1) is 11.8 Å². The Morgan fingerprint density at radius 3 is 2.76 bits per heavy atom. The molecule has 1 aromatic carbocycles. The Morgan fingerprint density at radius 2 is 2.12 bits per heavy atom. The molecular weight excluding hydrogens is 337 g/mol. The van der Waals surface area contributed by atoms with E-state index in [4.69, 9.17) is 11.0 Å². The van der Waals surface area contributed by atoms with Crippen molar-refractivity contribution in [3.8, 4) is 6.07 Å². The summed E-state index contributed by atoms with van der Waals surface area (Å²) in [5.41, 5.74) is 4.64. The molecule has 0 bridgehead atoms. The molecule has 0 spiro atoms. The van der Waals surface area contributed by atoms with Crippen LogP contribution in [0.15, 0.2) is 30.5 Å². The quantitative estimate of drug-likeness (QED) is 0.779. The Kier molecular flexibility index (Phi) is 5.07.